The second kappa shape index (κ2) is 13.0. The van der Waals surface area contributed by atoms with E-state index in [4.69, 9.17) is 9.41 Å². The zero-order valence-electron chi connectivity index (χ0n) is 24.5. The Morgan fingerprint density at radius 3 is 1.81 bits per heavy atom. The van der Waals surface area contributed by atoms with Crippen molar-refractivity contribution in [1.82, 2.24) is 4.98 Å². The third-order valence-electron chi connectivity index (χ3n) is 7.64. The molecule has 5 rings (SSSR count). The van der Waals surface area contributed by atoms with Crippen molar-refractivity contribution in [3.8, 4) is 17.2 Å². The van der Waals surface area contributed by atoms with E-state index in [0.717, 1.165) is 35.3 Å². The number of hydrogen-bond donors (Lipinski definition) is 1. The summed E-state index contributed by atoms with van der Waals surface area (Å²) in [6, 6.07) is 45.9. The number of hydrogen-bond acceptors (Lipinski definition) is 4. The molecule has 0 amide bonds. The molecular formula is C37H37N3OSi. The summed E-state index contributed by atoms with van der Waals surface area (Å²) in [7, 11) is -2.62. The van der Waals surface area contributed by atoms with E-state index in [-0.39, 0.29) is 5.04 Å². The lowest BCUT2D eigenvalue weighted by Gasteiger charge is -2.43. The summed E-state index contributed by atoms with van der Waals surface area (Å²) < 4.78 is 7.15. The van der Waals surface area contributed by atoms with Crippen LogP contribution in [0.4, 0.5) is 11.5 Å². The van der Waals surface area contributed by atoms with Crippen LogP contribution in [0.2, 0.25) is 5.04 Å². The maximum Gasteiger partial charge on any atom is 0.261 e. The minimum absolute atomic E-state index is 0.0790. The highest BCUT2D eigenvalue weighted by Crippen LogP contribution is 2.37. The van der Waals surface area contributed by atoms with Gasteiger partial charge in [-0.1, -0.05) is 130 Å². The van der Waals surface area contributed by atoms with Crippen molar-refractivity contribution >= 4 is 30.2 Å². The molecule has 4 aromatic carbocycles. The molecule has 42 heavy (non-hydrogen) atoms. The Morgan fingerprint density at radius 1 is 0.762 bits per heavy atom. The molecule has 1 N–H and O–H groups in total. The molecule has 0 spiro atoms. The first-order valence-corrected chi connectivity index (χ1v) is 16.4. The van der Waals surface area contributed by atoms with Crippen molar-refractivity contribution in [1.29, 1.82) is 5.26 Å². The molecule has 1 heterocycles. The molecular weight excluding hydrogens is 531 g/mol. The predicted molar refractivity (Wildman–Crippen MR) is 176 cm³/mol. The lowest BCUT2D eigenvalue weighted by molar-refractivity contribution is 0.291. The fourth-order valence-corrected chi connectivity index (χ4v) is 10.3. The zero-order valence-corrected chi connectivity index (χ0v) is 25.5. The van der Waals surface area contributed by atoms with E-state index in [0.29, 0.717) is 18.0 Å². The van der Waals surface area contributed by atoms with Gasteiger partial charge >= 0.3 is 0 Å². The van der Waals surface area contributed by atoms with Crippen LogP contribution in [-0.4, -0.2) is 19.9 Å². The third-order valence-corrected chi connectivity index (χ3v) is 12.7. The van der Waals surface area contributed by atoms with E-state index in [9.17, 15) is 5.26 Å². The Labute approximate surface area is 250 Å². The van der Waals surface area contributed by atoms with Gasteiger partial charge in [0.15, 0.2) is 0 Å². The fraction of sp³-hybridized carbons (Fsp3) is 0.189. The van der Waals surface area contributed by atoms with E-state index >= 15 is 0 Å². The molecule has 0 bridgehead atoms. The Balaban J connectivity index is 1.47. The van der Waals surface area contributed by atoms with Gasteiger partial charge in [0.05, 0.1) is 11.3 Å². The maximum absolute atomic E-state index is 10.0. The lowest BCUT2D eigenvalue weighted by Crippen LogP contribution is -2.66. The molecule has 0 saturated heterocycles. The minimum Gasteiger partial charge on any atom is -0.407 e. The largest absolute Gasteiger partial charge is 0.407 e. The van der Waals surface area contributed by atoms with E-state index < -0.39 is 8.32 Å². The van der Waals surface area contributed by atoms with Crippen LogP contribution in [0.3, 0.4) is 0 Å². The van der Waals surface area contributed by atoms with Crippen LogP contribution in [0, 0.1) is 11.3 Å². The lowest BCUT2D eigenvalue weighted by atomic mass is 9.99. The highest BCUT2D eigenvalue weighted by Gasteiger charge is 2.49. The average molecular weight is 568 g/mol. The summed E-state index contributed by atoms with van der Waals surface area (Å²) in [6.45, 7) is 7.51. The van der Waals surface area contributed by atoms with Gasteiger partial charge < -0.3 is 9.74 Å². The molecule has 0 atom stereocenters. The maximum atomic E-state index is 10.0. The number of rotatable bonds is 10. The topological polar surface area (TPSA) is 57.9 Å². The number of nitriles is 1. The summed E-state index contributed by atoms with van der Waals surface area (Å²) in [5.41, 5.74) is 4.40. The molecule has 5 aromatic rings. The van der Waals surface area contributed by atoms with Gasteiger partial charge in [0.1, 0.15) is 11.9 Å². The Morgan fingerprint density at radius 2 is 1.29 bits per heavy atom. The first-order valence-electron chi connectivity index (χ1n) is 14.5. The quantitative estimate of drug-likeness (QED) is 0.138. The Hall–Kier alpha value is -4.50. The van der Waals surface area contributed by atoms with Crippen LogP contribution in [0.15, 0.2) is 127 Å². The fourth-order valence-electron chi connectivity index (χ4n) is 5.67. The van der Waals surface area contributed by atoms with Gasteiger partial charge in [0, 0.05) is 17.9 Å². The van der Waals surface area contributed by atoms with E-state index in [2.05, 4.69) is 105 Å². The van der Waals surface area contributed by atoms with Gasteiger partial charge in [0.25, 0.3) is 8.32 Å². The monoisotopic (exact) mass is 567 g/mol. The molecule has 0 unspecified atom stereocenters. The summed E-state index contributed by atoms with van der Waals surface area (Å²) in [4.78, 5) is 5.04. The van der Waals surface area contributed by atoms with Gasteiger partial charge in [-0.2, -0.15) is 5.26 Å². The number of anilines is 2. The van der Waals surface area contributed by atoms with E-state index in [1.54, 1.807) is 0 Å². The normalized spacial score (nSPS) is 11.6. The molecule has 0 aliphatic heterocycles. The SMILES string of the molecule is CC(C)(C)[Si](OCCCc1nc(Nc2ccccc2)c(C#N)cc1-c1ccccc1)(c1ccccc1)c1ccccc1. The van der Waals surface area contributed by atoms with Gasteiger partial charge in [-0.25, -0.2) is 4.98 Å². The molecule has 0 radical (unpaired) electrons. The van der Waals surface area contributed by atoms with Crippen LogP contribution < -0.4 is 15.7 Å². The minimum atomic E-state index is -2.62. The van der Waals surface area contributed by atoms with Crippen molar-refractivity contribution in [2.45, 2.75) is 38.7 Å². The molecule has 210 valence electrons. The van der Waals surface area contributed by atoms with E-state index in [1.807, 2.05) is 54.6 Å². The number of nitrogens with zero attached hydrogens (tertiary/aromatic N) is 2. The number of para-hydroxylation sites is 1. The average Bonchev–Trinajstić information content (AvgIpc) is 3.02. The smallest absolute Gasteiger partial charge is 0.261 e. The van der Waals surface area contributed by atoms with Crippen LogP contribution in [-0.2, 0) is 10.8 Å². The molecule has 0 fully saturated rings. The zero-order chi connectivity index (χ0) is 29.4. The van der Waals surface area contributed by atoms with Gasteiger partial charge in [-0.15, -0.1) is 0 Å². The summed E-state index contributed by atoms with van der Waals surface area (Å²) in [6.07, 6.45) is 1.52. The predicted octanol–water partition coefficient (Wildman–Crippen LogP) is 7.87. The second-order valence-corrected chi connectivity index (χ2v) is 15.8. The van der Waals surface area contributed by atoms with Crippen LogP contribution >= 0.6 is 0 Å². The highest BCUT2D eigenvalue weighted by atomic mass is 28.4. The second-order valence-electron chi connectivity index (χ2n) is 11.5. The van der Waals surface area contributed by atoms with Gasteiger partial charge in [-0.05, 0) is 52.0 Å². The number of benzene rings is 4. The van der Waals surface area contributed by atoms with Crippen molar-refractivity contribution < 1.29 is 4.43 Å². The third kappa shape index (κ3) is 6.21. The van der Waals surface area contributed by atoms with Crippen LogP contribution in [0.5, 0.6) is 0 Å². The molecule has 0 saturated carbocycles. The van der Waals surface area contributed by atoms with Crippen molar-refractivity contribution in [3.05, 3.63) is 139 Å². The van der Waals surface area contributed by atoms with Crippen molar-refractivity contribution in [3.63, 3.8) is 0 Å². The first-order chi connectivity index (χ1) is 20.4. The number of pyridine rings is 1. The molecule has 4 nitrogen and oxygen atoms in total. The summed E-state index contributed by atoms with van der Waals surface area (Å²) >= 11 is 0. The van der Waals surface area contributed by atoms with Gasteiger partial charge in [0.2, 0.25) is 0 Å². The number of aryl methyl sites for hydroxylation is 1. The molecule has 0 aliphatic carbocycles. The number of nitrogens with one attached hydrogen (secondary N) is 1. The Bertz CT molecular complexity index is 1590. The molecule has 5 heteroatoms. The van der Waals surface area contributed by atoms with E-state index in [1.165, 1.54) is 10.4 Å². The Kier molecular flexibility index (Phi) is 8.97. The summed E-state index contributed by atoms with van der Waals surface area (Å²) in [5, 5.41) is 15.8. The summed E-state index contributed by atoms with van der Waals surface area (Å²) in [5.74, 6) is 0.575. The molecule has 1 aromatic heterocycles. The standard InChI is InChI=1S/C37H37N3OSi/c1-37(2,3)42(32-21-12-6-13-22-32,33-23-14-7-15-24-33)41-26-16-25-35-34(29-17-8-4-9-18-29)27-30(28-38)36(40-35)39-31-19-10-5-11-20-31/h4-15,17-24,27H,16,25-26H2,1-3H3,(H,39,40). The van der Waals surface area contributed by atoms with Gasteiger partial charge in [-0.3, -0.25) is 0 Å². The highest BCUT2D eigenvalue weighted by molar-refractivity contribution is 6.99. The molecule has 0 aliphatic rings. The van der Waals surface area contributed by atoms with Crippen molar-refractivity contribution in [2.75, 3.05) is 11.9 Å². The number of aromatic nitrogens is 1. The van der Waals surface area contributed by atoms with Crippen LogP contribution in [0.1, 0.15) is 38.4 Å². The van der Waals surface area contributed by atoms with Crippen molar-refractivity contribution in [2.24, 2.45) is 0 Å². The van der Waals surface area contributed by atoms with Crippen LogP contribution in [0.25, 0.3) is 11.1 Å². The first kappa shape index (κ1) is 29.0.